The summed E-state index contributed by atoms with van der Waals surface area (Å²) < 4.78 is 0.871. The van der Waals surface area contributed by atoms with Gasteiger partial charge in [0, 0.05) is 26.1 Å². The second kappa shape index (κ2) is 7.69. The zero-order chi connectivity index (χ0) is 13.5. The van der Waals surface area contributed by atoms with Gasteiger partial charge in [0.1, 0.15) is 16.2 Å². The molecule has 0 aliphatic rings. The van der Waals surface area contributed by atoms with Crippen LogP contribution in [0.2, 0.25) is 0 Å². The van der Waals surface area contributed by atoms with Crippen LogP contribution in [0.1, 0.15) is 25.6 Å². The molecule has 5 heteroatoms. The van der Waals surface area contributed by atoms with Crippen molar-refractivity contribution < 1.29 is 0 Å². The Morgan fingerprint density at radius 2 is 1.89 bits per heavy atom. The summed E-state index contributed by atoms with van der Waals surface area (Å²) in [6.45, 7) is 4.25. The first-order valence-corrected chi connectivity index (χ1v) is 7.21. The molecule has 0 saturated heterocycles. The zero-order valence-corrected chi connectivity index (χ0v) is 13.4. The van der Waals surface area contributed by atoms with Crippen molar-refractivity contribution in [2.24, 2.45) is 0 Å². The number of rotatable bonds is 7. The monoisotopic (exact) mass is 314 g/mol. The van der Waals surface area contributed by atoms with Crippen LogP contribution in [0.15, 0.2) is 10.7 Å². The fraction of sp³-hybridized carbons (Fsp3) is 0.692. The summed E-state index contributed by atoms with van der Waals surface area (Å²) in [7, 11) is 6.28. The number of aryl methyl sites for hydroxylation is 1. The average Bonchev–Trinajstić information content (AvgIpc) is 2.28. The number of aromatic nitrogens is 2. The highest BCUT2D eigenvalue weighted by atomic mass is 79.9. The third-order valence-corrected chi connectivity index (χ3v) is 3.10. The maximum Gasteiger partial charge on any atom is 0.133 e. The molecule has 0 amide bonds. The standard InChI is InChI=1S/C13H23BrN4/c1-5-7-12-15-11(14)10-13(16-12)18(4)9-6-8-17(2)3/h10H,5-9H2,1-4H3. The van der Waals surface area contributed by atoms with Crippen LogP contribution in [0.4, 0.5) is 5.82 Å². The van der Waals surface area contributed by atoms with E-state index >= 15 is 0 Å². The molecule has 0 aliphatic carbocycles. The second-order valence-electron chi connectivity index (χ2n) is 4.79. The van der Waals surface area contributed by atoms with E-state index in [1.54, 1.807) is 0 Å². The first-order valence-electron chi connectivity index (χ1n) is 6.42. The number of nitrogens with zero attached hydrogens (tertiary/aromatic N) is 4. The van der Waals surface area contributed by atoms with Crippen LogP contribution < -0.4 is 4.90 Å². The molecule has 4 nitrogen and oxygen atoms in total. The van der Waals surface area contributed by atoms with E-state index in [-0.39, 0.29) is 0 Å². The molecule has 0 N–H and O–H groups in total. The molecule has 0 aromatic carbocycles. The SMILES string of the molecule is CCCc1nc(Br)cc(N(C)CCCN(C)C)n1. The van der Waals surface area contributed by atoms with Gasteiger partial charge in [-0.25, -0.2) is 9.97 Å². The van der Waals surface area contributed by atoms with Crippen molar-refractivity contribution in [1.29, 1.82) is 0 Å². The quantitative estimate of drug-likeness (QED) is 0.724. The van der Waals surface area contributed by atoms with Gasteiger partial charge in [-0.05, 0) is 49.4 Å². The van der Waals surface area contributed by atoms with Gasteiger partial charge in [0.2, 0.25) is 0 Å². The molecule has 1 aromatic rings. The number of hydrogen-bond donors (Lipinski definition) is 0. The minimum Gasteiger partial charge on any atom is -0.359 e. The molecule has 102 valence electrons. The minimum absolute atomic E-state index is 0.871. The Morgan fingerprint density at radius 1 is 1.17 bits per heavy atom. The molecule has 1 rings (SSSR count). The van der Waals surface area contributed by atoms with Crippen LogP contribution in [0.5, 0.6) is 0 Å². The van der Waals surface area contributed by atoms with E-state index < -0.39 is 0 Å². The molecule has 18 heavy (non-hydrogen) atoms. The molecule has 0 bridgehead atoms. The third kappa shape index (κ3) is 5.31. The van der Waals surface area contributed by atoms with Gasteiger partial charge >= 0.3 is 0 Å². The van der Waals surface area contributed by atoms with Gasteiger partial charge in [-0.15, -0.1) is 0 Å². The van der Waals surface area contributed by atoms with Crippen LogP contribution in [-0.2, 0) is 6.42 Å². The number of hydrogen-bond acceptors (Lipinski definition) is 4. The topological polar surface area (TPSA) is 32.3 Å². The first kappa shape index (κ1) is 15.4. The van der Waals surface area contributed by atoms with Crippen molar-refractivity contribution >= 4 is 21.7 Å². The lowest BCUT2D eigenvalue weighted by Crippen LogP contribution is -2.24. The van der Waals surface area contributed by atoms with E-state index in [9.17, 15) is 0 Å². The predicted octanol–water partition coefficient (Wildman–Crippen LogP) is 2.58. The summed E-state index contributed by atoms with van der Waals surface area (Å²) in [5.41, 5.74) is 0. The Morgan fingerprint density at radius 3 is 2.50 bits per heavy atom. The highest BCUT2D eigenvalue weighted by molar-refractivity contribution is 9.10. The lowest BCUT2D eigenvalue weighted by atomic mass is 10.3. The molecule has 0 radical (unpaired) electrons. The van der Waals surface area contributed by atoms with Crippen molar-refractivity contribution in [1.82, 2.24) is 14.9 Å². The normalized spacial score (nSPS) is 11.0. The Labute approximate surface area is 119 Å². The van der Waals surface area contributed by atoms with E-state index in [1.165, 1.54) is 0 Å². The number of anilines is 1. The predicted molar refractivity (Wildman–Crippen MR) is 80.2 cm³/mol. The molecular weight excluding hydrogens is 292 g/mol. The average molecular weight is 315 g/mol. The molecule has 0 spiro atoms. The molecule has 1 heterocycles. The van der Waals surface area contributed by atoms with E-state index in [0.29, 0.717) is 0 Å². The lowest BCUT2D eigenvalue weighted by molar-refractivity contribution is 0.401. The molecule has 0 unspecified atom stereocenters. The third-order valence-electron chi connectivity index (χ3n) is 2.69. The molecular formula is C13H23BrN4. The van der Waals surface area contributed by atoms with Gasteiger partial charge < -0.3 is 9.80 Å². The number of halogens is 1. The Bertz CT molecular complexity index is 368. The van der Waals surface area contributed by atoms with E-state index in [0.717, 1.165) is 48.6 Å². The van der Waals surface area contributed by atoms with Gasteiger partial charge in [-0.1, -0.05) is 6.92 Å². The maximum atomic E-state index is 4.59. The highest BCUT2D eigenvalue weighted by Crippen LogP contribution is 2.16. The van der Waals surface area contributed by atoms with Crippen molar-refractivity contribution in [2.75, 3.05) is 39.1 Å². The van der Waals surface area contributed by atoms with Crippen molar-refractivity contribution in [3.05, 3.63) is 16.5 Å². The van der Waals surface area contributed by atoms with E-state index in [4.69, 9.17) is 0 Å². The van der Waals surface area contributed by atoms with Gasteiger partial charge in [-0.2, -0.15) is 0 Å². The summed E-state index contributed by atoms with van der Waals surface area (Å²) in [4.78, 5) is 13.4. The smallest absolute Gasteiger partial charge is 0.133 e. The fourth-order valence-corrected chi connectivity index (χ4v) is 2.13. The summed E-state index contributed by atoms with van der Waals surface area (Å²) in [6.07, 6.45) is 3.13. The Hall–Kier alpha value is -0.680. The van der Waals surface area contributed by atoms with E-state index in [2.05, 4.69) is 63.8 Å². The van der Waals surface area contributed by atoms with Gasteiger partial charge in [0.15, 0.2) is 0 Å². The summed E-state index contributed by atoms with van der Waals surface area (Å²) in [5, 5.41) is 0. The minimum atomic E-state index is 0.871. The Balaban J connectivity index is 2.63. The van der Waals surface area contributed by atoms with Gasteiger partial charge in [0.25, 0.3) is 0 Å². The van der Waals surface area contributed by atoms with Crippen LogP contribution in [0.3, 0.4) is 0 Å². The summed E-state index contributed by atoms with van der Waals surface area (Å²) in [5.74, 6) is 1.92. The van der Waals surface area contributed by atoms with Crippen molar-refractivity contribution in [2.45, 2.75) is 26.2 Å². The molecule has 1 aromatic heterocycles. The van der Waals surface area contributed by atoms with Crippen molar-refractivity contribution in [3.8, 4) is 0 Å². The zero-order valence-electron chi connectivity index (χ0n) is 11.8. The largest absolute Gasteiger partial charge is 0.359 e. The van der Waals surface area contributed by atoms with Crippen LogP contribution in [0.25, 0.3) is 0 Å². The highest BCUT2D eigenvalue weighted by Gasteiger charge is 2.07. The van der Waals surface area contributed by atoms with Gasteiger partial charge in [-0.3, -0.25) is 0 Å². The molecule has 0 saturated carbocycles. The van der Waals surface area contributed by atoms with Crippen molar-refractivity contribution in [3.63, 3.8) is 0 Å². The maximum absolute atomic E-state index is 4.59. The van der Waals surface area contributed by atoms with Crippen LogP contribution >= 0.6 is 15.9 Å². The lowest BCUT2D eigenvalue weighted by Gasteiger charge is -2.20. The van der Waals surface area contributed by atoms with E-state index in [1.807, 2.05) is 6.07 Å². The van der Waals surface area contributed by atoms with Crippen LogP contribution in [-0.4, -0.2) is 49.1 Å². The molecule has 0 fully saturated rings. The van der Waals surface area contributed by atoms with Gasteiger partial charge in [0.05, 0.1) is 0 Å². The molecule has 0 atom stereocenters. The second-order valence-corrected chi connectivity index (χ2v) is 5.61. The fourth-order valence-electron chi connectivity index (χ4n) is 1.72. The Kier molecular flexibility index (Phi) is 6.57. The first-order chi connectivity index (χ1) is 8.52. The van der Waals surface area contributed by atoms with Crippen LogP contribution in [0, 0.1) is 0 Å². The summed E-state index contributed by atoms with van der Waals surface area (Å²) >= 11 is 3.46. The molecule has 0 aliphatic heterocycles. The summed E-state index contributed by atoms with van der Waals surface area (Å²) in [6, 6.07) is 1.98.